The van der Waals surface area contributed by atoms with E-state index in [-0.39, 0.29) is 5.41 Å². The second-order valence-electron chi connectivity index (χ2n) is 6.43. The Morgan fingerprint density at radius 2 is 1.67 bits per heavy atom. The third-order valence-electron chi connectivity index (χ3n) is 5.46. The van der Waals surface area contributed by atoms with Gasteiger partial charge in [-0.25, -0.2) is 0 Å². The van der Waals surface area contributed by atoms with Crippen LogP contribution in [-0.4, -0.2) is 10.2 Å². The first kappa shape index (κ1) is 12.5. The Labute approximate surface area is 124 Å². The first-order valence-corrected chi connectivity index (χ1v) is 7.35. The van der Waals surface area contributed by atoms with E-state index < -0.39 is 0 Å². The summed E-state index contributed by atoms with van der Waals surface area (Å²) in [7, 11) is 0. The van der Waals surface area contributed by atoms with E-state index in [1.165, 1.54) is 27.8 Å². The predicted molar refractivity (Wildman–Crippen MR) is 83.5 cm³/mol. The van der Waals surface area contributed by atoms with Crippen LogP contribution in [0.2, 0.25) is 0 Å². The molecule has 2 atom stereocenters. The quantitative estimate of drug-likeness (QED) is 0.764. The number of fused-ring (bicyclic) bond motifs is 2. The Kier molecular flexibility index (Phi) is 2.33. The summed E-state index contributed by atoms with van der Waals surface area (Å²) in [5.41, 5.74) is 6.06. The van der Waals surface area contributed by atoms with Crippen molar-refractivity contribution in [2.45, 2.75) is 25.7 Å². The number of phenols is 2. The molecule has 2 aromatic rings. The zero-order valence-corrected chi connectivity index (χ0v) is 12.1. The van der Waals surface area contributed by atoms with Gasteiger partial charge in [-0.15, -0.1) is 0 Å². The van der Waals surface area contributed by atoms with Gasteiger partial charge in [-0.05, 0) is 70.9 Å². The number of benzene rings is 2. The van der Waals surface area contributed by atoms with Gasteiger partial charge in [-0.2, -0.15) is 0 Å². The summed E-state index contributed by atoms with van der Waals surface area (Å²) >= 11 is 0. The number of rotatable bonds is 0. The molecule has 1 spiro atoms. The standard InChI is InChI=1S/C19H18O2/c1-11-17-6-5-16(21)8-18(17)12(2)19(11)9-13-3-4-15(20)7-14(13)10-19/h3-8,12,20-21H,1,9-10H2,2H3. The highest BCUT2D eigenvalue weighted by atomic mass is 16.3. The van der Waals surface area contributed by atoms with E-state index in [0.717, 1.165) is 12.8 Å². The van der Waals surface area contributed by atoms with E-state index in [0.29, 0.717) is 17.4 Å². The highest BCUT2D eigenvalue weighted by Gasteiger charge is 2.50. The fourth-order valence-corrected chi connectivity index (χ4v) is 4.22. The average molecular weight is 278 g/mol. The highest BCUT2D eigenvalue weighted by Crippen LogP contribution is 2.60. The molecule has 2 unspecified atom stereocenters. The van der Waals surface area contributed by atoms with Crippen molar-refractivity contribution in [1.82, 2.24) is 0 Å². The zero-order valence-electron chi connectivity index (χ0n) is 12.1. The van der Waals surface area contributed by atoms with Gasteiger partial charge in [0.15, 0.2) is 0 Å². The molecule has 0 aromatic heterocycles. The Morgan fingerprint density at radius 3 is 2.48 bits per heavy atom. The number of aromatic hydroxyl groups is 2. The predicted octanol–water partition coefficient (Wildman–Crippen LogP) is 4.01. The van der Waals surface area contributed by atoms with Gasteiger partial charge in [-0.1, -0.05) is 25.6 Å². The molecule has 21 heavy (non-hydrogen) atoms. The Morgan fingerprint density at radius 1 is 1.00 bits per heavy atom. The summed E-state index contributed by atoms with van der Waals surface area (Å²) in [6.07, 6.45) is 1.87. The largest absolute Gasteiger partial charge is 0.508 e. The van der Waals surface area contributed by atoms with Gasteiger partial charge in [0.05, 0.1) is 0 Å². The molecule has 0 bridgehead atoms. The summed E-state index contributed by atoms with van der Waals surface area (Å²) in [5, 5.41) is 19.5. The summed E-state index contributed by atoms with van der Waals surface area (Å²) in [4.78, 5) is 0. The fourth-order valence-electron chi connectivity index (χ4n) is 4.22. The van der Waals surface area contributed by atoms with Crippen LogP contribution in [0.1, 0.15) is 35.1 Å². The lowest BCUT2D eigenvalue weighted by Gasteiger charge is -2.30. The molecule has 0 aliphatic heterocycles. The van der Waals surface area contributed by atoms with Gasteiger partial charge in [-0.3, -0.25) is 0 Å². The zero-order chi connectivity index (χ0) is 14.8. The average Bonchev–Trinajstić information content (AvgIpc) is 2.92. The molecule has 4 rings (SSSR count). The third kappa shape index (κ3) is 1.53. The first-order chi connectivity index (χ1) is 10.0. The molecule has 2 heteroatoms. The number of allylic oxidation sites excluding steroid dienone is 1. The molecule has 0 radical (unpaired) electrons. The van der Waals surface area contributed by atoms with Crippen LogP contribution in [0, 0.1) is 5.41 Å². The second kappa shape index (κ2) is 3.91. The number of hydrogen-bond donors (Lipinski definition) is 2. The smallest absolute Gasteiger partial charge is 0.115 e. The van der Waals surface area contributed by atoms with Gasteiger partial charge in [0.1, 0.15) is 11.5 Å². The Bertz CT molecular complexity index is 775. The maximum Gasteiger partial charge on any atom is 0.115 e. The van der Waals surface area contributed by atoms with Crippen molar-refractivity contribution in [3.8, 4) is 11.5 Å². The molecule has 2 nitrogen and oxygen atoms in total. The van der Waals surface area contributed by atoms with Crippen molar-refractivity contribution in [2.24, 2.45) is 5.41 Å². The molecule has 0 fully saturated rings. The van der Waals surface area contributed by atoms with Crippen molar-refractivity contribution in [2.75, 3.05) is 0 Å². The maximum absolute atomic E-state index is 9.78. The van der Waals surface area contributed by atoms with E-state index >= 15 is 0 Å². The lowest BCUT2D eigenvalue weighted by atomic mass is 9.72. The Balaban J connectivity index is 1.84. The molecule has 0 amide bonds. The van der Waals surface area contributed by atoms with Gasteiger partial charge >= 0.3 is 0 Å². The van der Waals surface area contributed by atoms with Crippen molar-refractivity contribution in [3.05, 3.63) is 65.2 Å². The molecule has 106 valence electrons. The van der Waals surface area contributed by atoms with Gasteiger partial charge in [0.25, 0.3) is 0 Å². The van der Waals surface area contributed by atoms with Crippen LogP contribution in [0.3, 0.4) is 0 Å². The van der Waals surface area contributed by atoms with Crippen LogP contribution in [0.4, 0.5) is 0 Å². The molecule has 2 N–H and O–H groups in total. The maximum atomic E-state index is 9.78. The van der Waals surface area contributed by atoms with E-state index in [4.69, 9.17) is 0 Å². The molecule has 2 aromatic carbocycles. The lowest BCUT2D eigenvalue weighted by molar-refractivity contribution is 0.370. The van der Waals surface area contributed by atoms with Crippen molar-refractivity contribution in [1.29, 1.82) is 0 Å². The summed E-state index contributed by atoms with van der Waals surface area (Å²) in [5.74, 6) is 0.970. The second-order valence-corrected chi connectivity index (χ2v) is 6.43. The van der Waals surface area contributed by atoms with Crippen molar-refractivity contribution < 1.29 is 10.2 Å². The topological polar surface area (TPSA) is 40.5 Å². The molecule has 0 heterocycles. The van der Waals surface area contributed by atoms with Crippen molar-refractivity contribution >= 4 is 5.57 Å². The van der Waals surface area contributed by atoms with Gasteiger partial charge in [0.2, 0.25) is 0 Å². The van der Waals surface area contributed by atoms with Crippen LogP contribution in [-0.2, 0) is 12.8 Å². The number of hydrogen-bond acceptors (Lipinski definition) is 2. The van der Waals surface area contributed by atoms with E-state index in [9.17, 15) is 10.2 Å². The summed E-state index contributed by atoms with van der Waals surface area (Å²) in [6.45, 7) is 6.60. The van der Waals surface area contributed by atoms with E-state index in [2.05, 4.69) is 13.5 Å². The molecule has 2 aliphatic carbocycles. The van der Waals surface area contributed by atoms with Crippen LogP contribution in [0.25, 0.3) is 5.57 Å². The van der Waals surface area contributed by atoms with E-state index in [1.54, 1.807) is 12.1 Å². The van der Waals surface area contributed by atoms with Crippen LogP contribution in [0.15, 0.2) is 43.0 Å². The molecular weight excluding hydrogens is 260 g/mol. The minimum atomic E-state index is -0.00769. The monoisotopic (exact) mass is 278 g/mol. The normalized spacial score (nSPS) is 26.1. The fraction of sp³-hybridized carbons (Fsp3) is 0.263. The summed E-state index contributed by atoms with van der Waals surface area (Å²) < 4.78 is 0. The molecule has 0 saturated heterocycles. The minimum absolute atomic E-state index is 0.00769. The van der Waals surface area contributed by atoms with Crippen molar-refractivity contribution in [3.63, 3.8) is 0 Å². The van der Waals surface area contributed by atoms with Crippen LogP contribution < -0.4 is 0 Å². The molecular formula is C19H18O2. The van der Waals surface area contributed by atoms with Gasteiger partial charge in [0, 0.05) is 5.41 Å². The third-order valence-corrected chi connectivity index (χ3v) is 5.46. The Hall–Kier alpha value is -2.22. The van der Waals surface area contributed by atoms with Crippen LogP contribution in [0.5, 0.6) is 11.5 Å². The summed E-state index contributed by atoms with van der Waals surface area (Å²) in [6, 6.07) is 11.3. The minimum Gasteiger partial charge on any atom is -0.508 e. The SMILES string of the molecule is C=C1c2ccc(O)cc2C(C)C12Cc1ccc(O)cc1C2. The lowest BCUT2D eigenvalue weighted by Crippen LogP contribution is -2.23. The van der Waals surface area contributed by atoms with Gasteiger partial charge < -0.3 is 10.2 Å². The molecule has 0 saturated carbocycles. The first-order valence-electron chi connectivity index (χ1n) is 7.35. The highest BCUT2D eigenvalue weighted by molar-refractivity contribution is 5.80. The van der Waals surface area contributed by atoms with E-state index in [1.807, 2.05) is 24.3 Å². The number of phenolic OH excluding ortho intramolecular Hbond substituents is 2. The molecule has 2 aliphatic rings. The van der Waals surface area contributed by atoms with Crippen LogP contribution >= 0.6 is 0 Å².